The molecule has 0 radical (unpaired) electrons. The fraction of sp³-hybridized carbons (Fsp3) is 0.333. The molecule has 2 atom stereocenters. The van der Waals surface area contributed by atoms with Gasteiger partial charge in [0, 0.05) is 0 Å². The Morgan fingerprint density at radius 2 is 1.94 bits per heavy atom. The lowest BCUT2D eigenvalue weighted by atomic mass is 9.96. The molecule has 0 amide bonds. The van der Waals surface area contributed by atoms with Crippen molar-refractivity contribution >= 4 is 10.8 Å². The number of benzene rings is 2. The summed E-state index contributed by atoms with van der Waals surface area (Å²) in [6.07, 6.45) is 1.63. The summed E-state index contributed by atoms with van der Waals surface area (Å²) in [6.45, 7) is 3.22. The number of hydrogen-bond acceptors (Lipinski definition) is 1. The Bertz CT molecular complexity index is 500. The molecule has 0 aromatic heterocycles. The SMILES string of the molecule is C[C@H](Cc1ccc2ccccc2c1)[C@@H]1CO1. The summed E-state index contributed by atoms with van der Waals surface area (Å²) < 4.78 is 5.33. The summed E-state index contributed by atoms with van der Waals surface area (Å²) in [5, 5.41) is 2.66. The van der Waals surface area contributed by atoms with Crippen LogP contribution in [-0.4, -0.2) is 12.7 Å². The van der Waals surface area contributed by atoms with Crippen molar-refractivity contribution in [3.63, 3.8) is 0 Å². The van der Waals surface area contributed by atoms with Crippen molar-refractivity contribution in [2.24, 2.45) is 5.92 Å². The molecule has 0 unspecified atom stereocenters. The van der Waals surface area contributed by atoms with E-state index in [1.165, 1.54) is 16.3 Å². The Labute approximate surface area is 96.0 Å². The van der Waals surface area contributed by atoms with Gasteiger partial charge in [0.2, 0.25) is 0 Å². The largest absolute Gasteiger partial charge is 0.373 e. The minimum Gasteiger partial charge on any atom is -0.373 e. The molecule has 0 N–H and O–H groups in total. The second-order valence-electron chi connectivity index (χ2n) is 4.73. The van der Waals surface area contributed by atoms with Crippen LogP contribution < -0.4 is 0 Å². The highest BCUT2D eigenvalue weighted by Gasteiger charge is 2.29. The van der Waals surface area contributed by atoms with Gasteiger partial charge in [0.05, 0.1) is 12.7 Å². The zero-order chi connectivity index (χ0) is 11.0. The molecular formula is C15H16O. The summed E-state index contributed by atoms with van der Waals surface area (Å²) in [7, 11) is 0. The van der Waals surface area contributed by atoms with Crippen LogP contribution in [-0.2, 0) is 11.2 Å². The quantitative estimate of drug-likeness (QED) is 0.710. The molecule has 1 aliphatic rings. The van der Waals surface area contributed by atoms with E-state index in [9.17, 15) is 0 Å². The molecule has 0 aliphatic carbocycles. The molecule has 82 valence electrons. The number of hydrogen-bond donors (Lipinski definition) is 0. The molecule has 1 saturated heterocycles. The number of epoxide rings is 1. The Morgan fingerprint density at radius 3 is 2.69 bits per heavy atom. The zero-order valence-electron chi connectivity index (χ0n) is 9.52. The lowest BCUT2D eigenvalue weighted by Gasteiger charge is -2.08. The van der Waals surface area contributed by atoms with Gasteiger partial charge in [0.1, 0.15) is 0 Å². The van der Waals surface area contributed by atoms with Gasteiger partial charge in [-0.2, -0.15) is 0 Å². The first-order valence-corrected chi connectivity index (χ1v) is 5.92. The van der Waals surface area contributed by atoms with Gasteiger partial charge < -0.3 is 4.74 Å². The molecule has 0 spiro atoms. The van der Waals surface area contributed by atoms with Crippen molar-refractivity contribution in [2.75, 3.05) is 6.61 Å². The summed E-state index contributed by atoms with van der Waals surface area (Å²) in [5.74, 6) is 0.640. The van der Waals surface area contributed by atoms with E-state index in [0.717, 1.165) is 13.0 Å². The Hall–Kier alpha value is -1.34. The average molecular weight is 212 g/mol. The standard InChI is InChI=1S/C15H16O/c1-11(15-10-16-15)8-12-6-7-13-4-2-3-5-14(13)9-12/h2-7,9,11,15H,8,10H2,1H3/t11-,15+/m1/s1. The zero-order valence-corrected chi connectivity index (χ0v) is 9.52. The highest BCUT2D eigenvalue weighted by atomic mass is 16.6. The van der Waals surface area contributed by atoms with Crippen LogP contribution in [0.3, 0.4) is 0 Å². The molecular weight excluding hydrogens is 196 g/mol. The van der Waals surface area contributed by atoms with E-state index in [0.29, 0.717) is 12.0 Å². The van der Waals surface area contributed by atoms with E-state index in [-0.39, 0.29) is 0 Å². The molecule has 1 heterocycles. The van der Waals surface area contributed by atoms with Gasteiger partial charge in [0.15, 0.2) is 0 Å². The summed E-state index contributed by atoms with van der Waals surface area (Å²) in [6, 6.07) is 15.3. The minimum atomic E-state index is 0.506. The molecule has 2 aromatic carbocycles. The first kappa shape index (κ1) is 9.86. The van der Waals surface area contributed by atoms with Crippen molar-refractivity contribution < 1.29 is 4.74 Å². The van der Waals surface area contributed by atoms with E-state index < -0.39 is 0 Å². The van der Waals surface area contributed by atoms with Crippen LogP contribution in [0.15, 0.2) is 42.5 Å². The summed E-state index contributed by atoms with van der Waals surface area (Å²) >= 11 is 0. The third-order valence-corrected chi connectivity index (χ3v) is 3.37. The maximum absolute atomic E-state index is 5.33. The predicted molar refractivity (Wildman–Crippen MR) is 66.6 cm³/mol. The van der Waals surface area contributed by atoms with Crippen LogP contribution in [0.25, 0.3) is 10.8 Å². The third kappa shape index (κ3) is 1.96. The van der Waals surface area contributed by atoms with Crippen LogP contribution in [0.4, 0.5) is 0 Å². The van der Waals surface area contributed by atoms with Gasteiger partial charge in [-0.25, -0.2) is 0 Å². The van der Waals surface area contributed by atoms with E-state index in [2.05, 4.69) is 49.4 Å². The molecule has 1 nitrogen and oxygen atoms in total. The van der Waals surface area contributed by atoms with Crippen molar-refractivity contribution in [1.82, 2.24) is 0 Å². The Balaban J connectivity index is 1.86. The smallest absolute Gasteiger partial charge is 0.0838 e. The van der Waals surface area contributed by atoms with Crippen molar-refractivity contribution in [3.8, 4) is 0 Å². The second kappa shape index (κ2) is 3.91. The van der Waals surface area contributed by atoms with Crippen LogP contribution >= 0.6 is 0 Å². The molecule has 1 heteroatoms. The second-order valence-corrected chi connectivity index (χ2v) is 4.73. The fourth-order valence-corrected chi connectivity index (χ4v) is 2.25. The van der Waals surface area contributed by atoms with Crippen molar-refractivity contribution in [1.29, 1.82) is 0 Å². The average Bonchev–Trinajstić information content (AvgIpc) is 3.12. The monoisotopic (exact) mass is 212 g/mol. The van der Waals surface area contributed by atoms with Gasteiger partial charge in [-0.15, -0.1) is 0 Å². The van der Waals surface area contributed by atoms with Crippen LogP contribution in [0.1, 0.15) is 12.5 Å². The maximum Gasteiger partial charge on any atom is 0.0838 e. The Kier molecular flexibility index (Phi) is 2.41. The van der Waals surface area contributed by atoms with E-state index in [4.69, 9.17) is 4.74 Å². The summed E-state index contributed by atoms with van der Waals surface area (Å²) in [5.41, 5.74) is 1.42. The third-order valence-electron chi connectivity index (χ3n) is 3.37. The van der Waals surface area contributed by atoms with Gasteiger partial charge in [-0.3, -0.25) is 0 Å². The van der Waals surface area contributed by atoms with Crippen molar-refractivity contribution in [3.05, 3.63) is 48.0 Å². The molecule has 2 aromatic rings. The first-order chi connectivity index (χ1) is 7.83. The van der Waals surface area contributed by atoms with Gasteiger partial charge in [-0.05, 0) is 28.7 Å². The number of ether oxygens (including phenoxy) is 1. The molecule has 1 fully saturated rings. The highest BCUT2D eigenvalue weighted by molar-refractivity contribution is 5.82. The van der Waals surface area contributed by atoms with E-state index >= 15 is 0 Å². The topological polar surface area (TPSA) is 12.5 Å². The molecule has 16 heavy (non-hydrogen) atoms. The minimum absolute atomic E-state index is 0.506. The molecule has 3 rings (SSSR count). The maximum atomic E-state index is 5.33. The van der Waals surface area contributed by atoms with Gasteiger partial charge >= 0.3 is 0 Å². The van der Waals surface area contributed by atoms with Crippen LogP contribution in [0, 0.1) is 5.92 Å². The fourth-order valence-electron chi connectivity index (χ4n) is 2.25. The molecule has 0 saturated carbocycles. The lowest BCUT2D eigenvalue weighted by molar-refractivity contribution is 0.341. The normalized spacial score (nSPS) is 20.9. The van der Waals surface area contributed by atoms with Gasteiger partial charge in [-0.1, -0.05) is 49.4 Å². The highest BCUT2D eigenvalue weighted by Crippen LogP contribution is 2.25. The summed E-state index contributed by atoms with van der Waals surface area (Å²) in [4.78, 5) is 0. The molecule has 0 bridgehead atoms. The van der Waals surface area contributed by atoms with Crippen LogP contribution in [0.2, 0.25) is 0 Å². The lowest BCUT2D eigenvalue weighted by Crippen LogP contribution is -2.06. The van der Waals surface area contributed by atoms with Crippen LogP contribution in [0.5, 0.6) is 0 Å². The van der Waals surface area contributed by atoms with Gasteiger partial charge in [0.25, 0.3) is 0 Å². The predicted octanol–water partition coefficient (Wildman–Crippen LogP) is 3.42. The number of rotatable bonds is 3. The van der Waals surface area contributed by atoms with Crippen molar-refractivity contribution in [2.45, 2.75) is 19.4 Å². The first-order valence-electron chi connectivity index (χ1n) is 5.92. The van der Waals surface area contributed by atoms with E-state index in [1.54, 1.807) is 0 Å². The number of fused-ring (bicyclic) bond motifs is 1. The Morgan fingerprint density at radius 1 is 1.19 bits per heavy atom. The van der Waals surface area contributed by atoms with E-state index in [1.807, 2.05) is 0 Å². The molecule has 1 aliphatic heterocycles.